The number of rotatable bonds is 2. The second kappa shape index (κ2) is 6.99. The van der Waals surface area contributed by atoms with E-state index in [-0.39, 0.29) is 37.3 Å². The maximum Gasteiger partial charge on any atom is 0.328 e. The number of carbonyl (C=O) groups excluding carboxylic acids is 2. The zero-order valence-electron chi connectivity index (χ0n) is 14.7. The van der Waals surface area contributed by atoms with Crippen LogP contribution in [0.5, 0.6) is 0 Å². The maximum atomic E-state index is 12.7. The number of hydrogen-bond acceptors (Lipinski definition) is 6. The van der Waals surface area contributed by atoms with E-state index in [9.17, 15) is 19.2 Å². The molecular weight excluding hydrogens is 360 g/mol. The Kier molecular flexibility index (Phi) is 4.87. The van der Waals surface area contributed by atoms with Crippen LogP contribution in [-0.2, 0) is 25.7 Å². The lowest BCUT2D eigenvalue weighted by Crippen LogP contribution is -2.49. The molecule has 2 N–H and O–H groups in total. The molecule has 2 atom stereocenters. The van der Waals surface area contributed by atoms with Gasteiger partial charge in [0.05, 0.1) is 19.1 Å². The molecule has 1 spiro atoms. The molecule has 4 rings (SSSR count). The molecule has 1 aromatic heterocycles. The van der Waals surface area contributed by atoms with Gasteiger partial charge in [0.25, 0.3) is 12.0 Å². The third-order valence-electron chi connectivity index (χ3n) is 5.22. The summed E-state index contributed by atoms with van der Waals surface area (Å²) in [6, 6.07) is -0.306. The maximum absolute atomic E-state index is 12.7. The van der Waals surface area contributed by atoms with Gasteiger partial charge in [-0.2, -0.15) is 0 Å². The Hall–Kier alpha value is -2.95. The second-order valence-electron chi connectivity index (χ2n) is 6.60. The molecule has 11 heteroatoms. The summed E-state index contributed by atoms with van der Waals surface area (Å²) >= 11 is 0. The quantitative estimate of drug-likeness (QED) is 0.571. The van der Waals surface area contributed by atoms with Crippen LogP contribution in [0.3, 0.4) is 0 Å². The van der Waals surface area contributed by atoms with E-state index in [2.05, 4.69) is 4.98 Å². The van der Waals surface area contributed by atoms with Crippen LogP contribution < -0.4 is 11.2 Å². The average molecular weight is 380 g/mol. The van der Waals surface area contributed by atoms with Crippen molar-refractivity contribution in [3.63, 3.8) is 0 Å². The molecule has 0 saturated carbocycles. The molecule has 146 valence electrons. The van der Waals surface area contributed by atoms with Crippen molar-refractivity contribution >= 4 is 18.3 Å². The fourth-order valence-electron chi connectivity index (χ4n) is 4.06. The molecule has 11 nitrogen and oxygen atoms in total. The number of aromatic nitrogens is 2. The van der Waals surface area contributed by atoms with Crippen molar-refractivity contribution in [3.05, 3.63) is 32.6 Å². The van der Waals surface area contributed by atoms with Crippen LogP contribution in [0.4, 0.5) is 0 Å². The van der Waals surface area contributed by atoms with Crippen LogP contribution >= 0.6 is 0 Å². The molecule has 1 aromatic rings. The standard InChI is InChI=1S/C15H18N4O5.CH2O2/c1-9-7-17(14(23)16-13(9)22)8-12(21)18-3-2-15-10(18)6-11(20)19(15)4-5-24-15;2-1-3/h7,10H,2-6,8H2,1H3,(H,16,22,23);1H,(H,2,3)/t10-,15+;/m1./s1. The highest BCUT2D eigenvalue weighted by Gasteiger charge is 2.62. The smallest absolute Gasteiger partial charge is 0.328 e. The van der Waals surface area contributed by atoms with E-state index >= 15 is 0 Å². The lowest BCUT2D eigenvalue weighted by molar-refractivity contribution is -0.140. The molecular formula is C16H20N4O7. The first-order chi connectivity index (χ1) is 12.8. The first kappa shape index (κ1) is 18.8. The number of carbonyl (C=O) groups is 3. The minimum Gasteiger partial charge on any atom is -0.483 e. The lowest BCUT2D eigenvalue weighted by Gasteiger charge is -2.31. The Labute approximate surface area is 153 Å². The highest BCUT2D eigenvalue weighted by Crippen LogP contribution is 2.45. The summed E-state index contributed by atoms with van der Waals surface area (Å²) in [5, 5.41) is 6.89. The van der Waals surface area contributed by atoms with E-state index in [1.165, 1.54) is 10.8 Å². The molecule has 0 unspecified atom stereocenters. The first-order valence-corrected chi connectivity index (χ1v) is 8.46. The Morgan fingerprint density at radius 1 is 1.41 bits per heavy atom. The third-order valence-corrected chi connectivity index (χ3v) is 5.22. The lowest BCUT2D eigenvalue weighted by atomic mass is 10.1. The minimum absolute atomic E-state index is 0.00653. The Morgan fingerprint density at radius 2 is 2.11 bits per heavy atom. The van der Waals surface area contributed by atoms with Gasteiger partial charge in [0.15, 0.2) is 5.72 Å². The van der Waals surface area contributed by atoms with Gasteiger partial charge in [0.2, 0.25) is 11.8 Å². The summed E-state index contributed by atoms with van der Waals surface area (Å²) in [7, 11) is 0. The number of ether oxygens (including phenoxy) is 1. The van der Waals surface area contributed by atoms with Crippen LogP contribution in [0.25, 0.3) is 0 Å². The molecule has 0 bridgehead atoms. The summed E-state index contributed by atoms with van der Waals surface area (Å²) in [5.74, 6) is -0.248. The number of aromatic amines is 1. The van der Waals surface area contributed by atoms with Gasteiger partial charge >= 0.3 is 5.69 Å². The van der Waals surface area contributed by atoms with Gasteiger partial charge in [-0.15, -0.1) is 0 Å². The van der Waals surface area contributed by atoms with Crippen molar-refractivity contribution in [1.82, 2.24) is 19.4 Å². The van der Waals surface area contributed by atoms with Gasteiger partial charge in [-0.25, -0.2) is 4.79 Å². The van der Waals surface area contributed by atoms with E-state index in [4.69, 9.17) is 14.6 Å². The zero-order valence-corrected chi connectivity index (χ0v) is 14.7. The molecule has 0 aliphatic carbocycles. The fraction of sp³-hybridized carbons (Fsp3) is 0.562. The number of nitrogens with zero attached hydrogens (tertiary/aromatic N) is 3. The van der Waals surface area contributed by atoms with Crippen molar-refractivity contribution < 1.29 is 24.2 Å². The van der Waals surface area contributed by atoms with Gasteiger partial charge in [-0.05, 0) is 6.92 Å². The Balaban J connectivity index is 0.000000659. The van der Waals surface area contributed by atoms with Crippen molar-refractivity contribution in [2.24, 2.45) is 0 Å². The van der Waals surface area contributed by atoms with Crippen LogP contribution in [0.1, 0.15) is 18.4 Å². The molecule has 0 aromatic carbocycles. The van der Waals surface area contributed by atoms with Gasteiger partial charge in [-0.1, -0.05) is 0 Å². The van der Waals surface area contributed by atoms with Gasteiger partial charge < -0.3 is 19.6 Å². The van der Waals surface area contributed by atoms with Gasteiger partial charge in [-0.3, -0.25) is 28.7 Å². The Morgan fingerprint density at radius 3 is 2.81 bits per heavy atom. The highest BCUT2D eigenvalue weighted by molar-refractivity contribution is 5.84. The summed E-state index contributed by atoms with van der Waals surface area (Å²) in [6.07, 6.45) is 2.23. The largest absolute Gasteiger partial charge is 0.483 e. The molecule has 3 saturated heterocycles. The Bertz CT molecular complexity index is 891. The SMILES string of the molecule is Cc1cn(CC(=O)N2CC[C@@]34OCCN3C(=O)C[C@@H]24)c(=O)[nH]c1=O.O=CO. The van der Waals surface area contributed by atoms with Crippen molar-refractivity contribution in [2.45, 2.75) is 38.1 Å². The predicted octanol–water partition coefficient (Wildman–Crippen LogP) is -1.89. The number of carboxylic acid groups (broad SMARTS) is 1. The predicted molar refractivity (Wildman–Crippen MR) is 89.9 cm³/mol. The molecule has 0 radical (unpaired) electrons. The minimum atomic E-state index is -0.682. The molecule has 3 aliphatic rings. The van der Waals surface area contributed by atoms with E-state index < -0.39 is 17.0 Å². The van der Waals surface area contributed by atoms with Crippen LogP contribution in [0.15, 0.2) is 15.8 Å². The van der Waals surface area contributed by atoms with E-state index in [0.29, 0.717) is 31.7 Å². The zero-order chi connectivity index (χ0) is 19.8. The topological polar surface area (TPSA) is 142 Å². The van der Waals surface area contributed by atoms with E-state index in [0.717, 1.165) is 0 Å². The number of hydrogen-bond donors (Lipinski definition) is 2. The first-order valence-electron chi connectivity index (χ1n) is 8.46. The summed E-state index contributed by atoms with van der Waals surface area (Å²) in [4.78, 5) is 62.0. The number of amides is 2. The second-order valence-corrected chi connectivity index (χ2v) is 6.60. The van der Waals surface area contributed by atoms with Crippen LogP contribution in [-0.4, -0.2) is 74.2 Å². The van der Waals surface area contributed by atoms with Crippen molar-refractivity contribution in [2.75, 3.05) is 19.7 Å². The fourth-order valence-corrected chi connectivity index (χ4v) is 4.06. The number of likely N-dealkylation sites (tertiary alicyclic amines) is 1. The van der Waals surface area contributed by atoms with Crippen molar-refractivity contribution in [1.29, 1.82) is 0 Å². The number of nitrogens with one attached hydrogen (secondary N) is 1. The molecule has 2 amide bonds. The normalized spacial score (nSPS) is 25.7. The molecule has 4 heterocycles. The number of aryl methyl sites for hydroxylation is 1. The van der Waals surface area contributed by atoms with Crippen molar-refractivity contribution in [3.8, 4) is 0 Å². The van der Waals surface area contributed by atoms with Gasteiger partial charge in [0.1, 0.15) is 6.54 Å². The molecule has 3 aliphatic heterocycles. The summed E-state index contributed by atoms with van der Waals surface area (Å²) in [6.45, 7) is 2.70. The molecule has 3 fully saturated rings. The molecule has 27 heavy (non-hydrogen) atoms. The van der Waals surface area contributed by atoms with Gasteiger partial charge in [0, 0.05) is 31.3 Å². The summed E-state index contributed by atoms with van der Waals surface area (Å²) < 4.78 is 7.03. The summed E-state index contributed by atoms with van der Waals surface area (Å²) in [5.41, 5.74) is -1.39. The monoisotopic (exact) mass is 380 g/mol. The van der Waals surface area contributed by atoms with Crippen LogP contribution in [0, 0.1) is 6.92 Å². The van der Waals surface area contributed by atoms with E-state index in [1.54, 1.807) is 16.7 Å². The number of H-pyrrole nitrogens is 1. The van der Waals surface area contributed by atoms with Crippen LogP contribution in [0.2, 0.25) is 0 Å². The highest BCUT2D eigenvalue weighted by atomic mass is 16.5. The third kappa shape index (κ3) is 3.03. The average Bonchev–Trinajstić information content (AvgIpc) is 3.24. The van der Waals surface area contributed by atoms with E-state index in [1.807, 2.05) is 0 Å².